The Morgan fingerprint density at radius 1 is 0.486 bits per heavy atom. The van der Waals surface area contributed by atoms with Crippen LogP contribution in [0.4, 0.5) is 0 Å². The Bertz CT molecular complexity index is 1650. The molecule has 12 aliphatic rings. The average molecular weight is 1030 g/mol. The lowest BCUT2D eigenvalue weighted by Crippen LogP contribution is -2.64. The zero-order chi connectivity index (χ0) is 52.2. The van der Waals surface area contributed by atoms with Crippen molar-refractivity contribution in [2.24, 2.45) is 11.8 Å². The number of aliphatic hydroxyl groups is 10. The Kier molecular flexibility index (Phi) is 22.3. The lowest BCUT2D eigenvalue weighted by molar-refractivity contribution is -0.355. The van der Waals surface area contributed by atoms with Crippen LogP contribution in [0.5, 0.6) is 0 Å². The van der Waals surface area contributed by atoms with E-state index in [0.29, 0.717) is 55.6 Å². The van der Waals surface area contributed by atoms with E-state index in [9.17, 15) is 60.7 Å². The van der Waals surface area contributed by atoms with E-state index in [1.54, 1.807) is 0 Å². The monoisotopic (exact) mass is 1030 g/mol. The van der Waals surface area contributed by atoms with Crippen LogP contribution in [0.15, 0.2) is 36.8 Å². The molecule has 72 heavy (non-hydrogen) atoms. The minimum absolute atomic E-state index is 0.0391. The van der Waals surface area contributed by atoms with Crippen molar-refractivity contribution in [3.05, 3.63) is 36.8 Å². The summed E-state index contributed by atoms with van der Waals surface area (Å²) in [5, 5.41) is 119. The Balaban J connectivity index is 0.913. The van der Waals surface area contributed by atoms with Gasteiger partial charge < -0.3 is 115 Å². The summed E-state index contributed by atoms with van der Waals surface area (Å²) >= 11 is 0. The van der Waals surface area contributed by atoms with Crippen LogP contribution in [0.25, 0.3) is 0 Å². The van der Waals surface area contributed by atoms with Crippen LogP contribution >= 0.6 is 0 Å². The molecule has 412 valence electrons. The number of hydrogen-bond acceptors (Lipinski definition) is 23. The van der Waals surface area contributed by atoms with Gasteiger partial charge >= 0.3 is 0 Å². The predicted molar refractivity (Wildman–Crippen MR) is 249 cm³/mol. The standard InChI is InChI=1S/C47H79N5O20/c1-23(2)52(21-50-24(3)11-13-32(55)48-17-28-26-9-5-7-15-65-44-40(63)36(59)42(30(19-53)69-44)71-46(67-28)38(61)34(26)57)22-51-25(4)12-14-33(56)49-18-29-27-10-6-8-16-66-45-41(64)37(60)43(31(20-54)70-45)72-47(68-29)39(62)35(27)58/h26-31,34-47,50-51,53-54,57-64H,1,3-22H2,2H3,(H,48,55)(H,49,56). The largest absolute Gasteiger partial charge is 0.394 e. The normalized spacial score (nSPS) is 39.5. The molecule has 12 fully saturated rings. The fraction of sp³-hybridized carbons (Fsp3) is 0.830. The average Bonchev–Trinajstić information content (AvgIpc) is 3.36. The minimum atomic E-state index is -1.57. The maximum absolute atomic E-state index is 13.1. The van der Waals surface area contributed by atoms with E-state index in [2.05, 4.69) is 41.0 Å². The quantitative estimate of drug-likeness (QED) is 0.0547. The van der Waals surface area contributed by atoms with Gasteiger partial charge in [0, 0.05) is 68.1 Å². The van der Waals surface area contributed by atoms with Gasteiger partial charge in [-0.15, -0.1) is 0 Å². The van der Waals surface area contributed by atoms with Crippen molar-refractivity contribution in [1.29, 1.82) is 0 Å². The van der Waals surface area contributed by atoms with Gasteiger partial charge in [0.15, 0.2) is 25.2 Å². The molecule has 0 aromatic heterocycles. The van der Waals surface area contributed by atoms with Crippen LogP contribution in [-0.4, -0.2) is 231 Å². The molecule has 12 aliphatic heterocycles. The summed E-state index contributed by atoms with van der Waals surface area (Å²) < 4.78 is 46.5. The van der Waals surface area contributed by atoms with Crippen molar-refractivity contribution in [3.8, 4) is 0 Å². The molecular formula is C47H79N5O20. The molecule has 12 rings (SSSR count). The van der Waals surface area contributed by atoms with Crippen molar-refractivity contribution >= 4 is 11.8 Å². The highest BCUT2D eigenvalue weighted by Gasteiger charge is 2.53. The highest BCUT2D eigenvalue weighted by atomic mass is 16.8. The SMILES string of the molecule is C=C(CCC(=O)NCC1OC2OC3C(CO)OC(OCCCCC1C(O)C2O)C(O)C3O)NCN(CNC(=C)CCC(=O)NCC1OC2OC3C(CO)OC(OCCCCC1C(O)C2O)C(O)C3O)C(=C)C. The first-order valence-electron chi connectivity index (χ1n) is 25.0. The molecule has 12 heterocycles. The van der Waals surface area contributed by atoms with Crippen LogP contribution in [0, 0.1) is 11.8 Å². The molecule has 0 aliphatic carbocycles. The third-order valence-corrected chi connectivity index (χ3v) is 14.2. The first-order chi connectivity index (χ1) is 34.4. The van der Waals surface area contributed by atoms with Crippen molar-refractivity contribution in [3.63, 3.8) is 0 Å². The van der Waals surface area contributed by atoms with E-state index >= 15 is 0 Å². The second-order valence-corrected chi connectivity index (χ2v) is 19.5. The van der Waals surface area contributed by atoms with Gasteiger partial charge in [-0.3, -0.25) is 9.59 Å². The molecule has 0 saturated carbocycles. The fourth-order valence-electron chi connectivity index (χ4n) is 9.75. The third-order valence-electron chi connectivity index (χ3n) is 14.2. The lowest BCUT2D eigenvalue weighted by atomic mass is 9.84. The van der Waals surface area contributed by atoms with Crippen LogP contribution in [0.3, 0.4) is 0 Å². The molecule has 0 aromatic rings. The van der Waals surface area contributed by atoms with Gasteiger partial charge in [-0.05, 0) is 45.4 Å². The van der Waals surface area contributed by atoms with Gasteiger partial charge in [-0.1, -0.05) is 32.6 Å². The summed E-state index contributed by atoms with van der Waals surface area (Å²) in [6, 6.07) is 0. The molecule has 25 heteroatoms. The molecule has 14 N–H and O–H groups in total. The molecule has 8 bridgehead atoms. The number of nitrogens with zero attached hydrogens (tertiary/aromatic N) is 1. The highest BCUT2D eigenvalue weighted by Crippen LogP contribution is 2.36. The second kappa shape index (κ2) is 27.6. The summed E-state index contributed by atoms with van der Waals surface area (Å²) in [5.74, 6) is -1.86. The summed E-state index contributed by atoms with van der Waals surface area (Å²) in [5.41, 5.74) is 1.82. The van der Waals surface area contributed by atoms with E-state index in [-0.39, 0.29) is 77.1 Å². The second-order valence-electron chi connectivity index (χ2n) is 19.5. The molecule has 0 spiro atoms. The van der Waals surface area contributed by atoms with E-state index in [4.69, 9.17) is 37.9 Å². The van der Waals surface area contributed by atoms with Crippen molar-refractivity contribution in [1.82, 2.24) is 26.2 Å². The maximum atomic E-state index is 13.1. The molecule has 2 amide bonds. The number of rotatable bonds is 19. The Labute approximate surface area is 419 Å². The fourth-order valence-corrected chi connectivity index (χ4v) is 9.75. The van der Waals surface area contributed by atoms with E-state index < -0.39 is 136 Å². The maximum Gasteiger partial charge on any atom is 0.220 e. The van der Waals surface area contributed by atoms with E-state index in [1.807, 2.05) is 11.8 Å². The summed E-state index contributed by atoms with van der Waals surface area (Å²) in [6.07, 6.45) is -20.4. The summed E-state index contributed by atoms with van der Waals surface area (Å²) in [7, 11) is 0. The molecule has 0 radical (unpaired) electrons. The number of nitrogens with one attached hydrogen (secondary N) is 4. The summed E-state index contributed by atoms with van der Waals surface area (Å²) in [4.78, 5) is 28.1. The molecule has 12 saturated heterocycles. The number of carbonyl (C=O) groups excluding carboxylic acids is 2. The Morgan fingerprint density at radius 3 is 1.24 bits per heavy atom. The van der Waals surface area contributed by atoms with Gasteiger partial charge in [0.1, 0.15) is 61.0 Å². The van der Waals surface area contributed by atoms with Crippen molar-refractivity contribution < 1.29 is 98.5 Å². The van der Waals surface area contributed by atoms with Gasteiger partial charge in [-0.2, -0.15) is 0 Å². The van der Waals surface area contributed by atoms with Gasteiger partial charge in [0.05, 0.1) is 51.0 Å². The molecule has 0 aromatic carbocycles. The predicted octanol–water partition coefficient (Wildman–Crippen LogP) is -4.09. The van der Waals surface area contributed by atoms with Crippen LogP contribution in [0.1, 0.15) is 71.1 Å². The zero-order valence-corrected chi connectivity index (χ0v) is 40.9. The first kappa shape index (κ1) is 58.1. The molecule has 20 atom stereocenters. The number of allylic oxidation sites excluding steroid dienone is 3. The van der Waals surface area contributed by atoms with Crippen molar-refractivity contribution in [2.45, 2.75) is 182 Å². The number of amides is 2. The van der Waals surface area contributed by atoms with Gasteiger partial charge in [0.25, 0.3) is 0 Å². The first-order valence-corrected chi connectivity index (χ1v) is 25.0. The van der Waals surface area contributed by atoms with Crippen LogP contribution in [0.2, 0.25) is 0 Å². The highest BCUT2D eigenvalue weighted by molar-refractivity contribution is 5.76. The van der Waals surface area contributed by atoms with Crippen LogP contribution < -0.4 is 21.3 Å². The number of ether oxygens (including phenoxy) is 8. The minimum Gasteiger partial charge on any atom is -0.394 e. The van der Waals surface area contributed by atoms with Crippen LogP contribution in [-0.2, 0) is 47.5 Å². The Hall–Kier alpha value is -3.16. The topological polar surface area (TPSA) is 362 Å². The molecule has 20 unspecified atom stereocenters. The smallest absolute Gasteiger partial charge is 0.220 e. The van der Waals surface area contributed by atoms with E-state index in [0.717, 1.165) is 0 Å². The molecule has 25 nitrogen and oxygen atoms in total. The number of aliphatic hydroxyl groups excluding tert-OH is 10. The van der Waals surface area contributed by atoms with Crippen molar-refractivity contribution in [2.75, 3.05) is 52.9 Å². The molecular weight excluding hydrogens is 955 g/mol. The van der Waals surface area contributed by atoms with E-state index in [1.165, 1.54) is 0 Å². The number of hydrogen-bond donors (Lipinski definition) is 14. The zero-order valence-electron chi connectivity index (χ0n) is 40.9. The van der Waals surface area contributed by atoms with Gasteiger partial charge in [0.2, 0.25) is 11.8 Å². The number of carbonyl (C=O) groups is 2. The lowest BCUT2D eigenvalue weighted by Gasteiger charge is -2.47. The third kappa shape index (κ3) is 15.0. The Morgan fingerprint density at radius 2 is 0.861 bits per heavy atom. The van der Waals surface area contributed by atoms with Gasteiger partial charge in [-0.25, -0.2) is 0 Å². The summed E-state index contributed by atoms with van der Waals surface area (Å²) in [6.45, 7) is 13.5.